The Morgan fingerprint density at radius 3 is 2.74 bits per heavy atom. The van der Waals surface area contributed by atoms with Crippen molar-refractivity contribution >= 4 is 22.8 Å². The van der Waals surface area contributed by atoms with Crippen molar-refractivity contribution in [1.82, 2.24) is 41.1 Å². The van der Waals surface area contributed by atoms with Gasteiger partial charge < -0.3 is 75.9 Å². The lowest BCUT2D eigenvalue weighted by atomic mass is 9.57. The molecule has 9 aliphatic rings. The first kappa shape index (κ1) is 61.4. The van der Waals surface area contributed by atoms with E-state index in [1.165, 1.54) is 18.6 Å². The Labute approximate surface area is 538 Å². The number of ether oxygens (including phenoxy) is 4. The van der Waals surface area contributed by atoms with Crippen molar-refractivity contribution in [2.45, 2.75) is 159 Å². The Kier molecular flexibility index (Phi) is 17.2. The minimum absolute atomic E-state index is 0.00358. The minimum atomic E-state index is -1.09. The number of nitrogens with one attached hydrogen (secondary N) is 6. The molecule has 484 valence electrons. The summed E-state index contributed by atoms with van der Waals surface area (Å²) in [5, 5.41) is 68.5. The second-order valence-electron chi connectivity index (χ2n) is 27.5. The van der Waals surface area contributed by atoms with Crippen molar-refractivity contribution in [2.75, 3.05) is 32.8 Å². The highest BCUT2D eigenvalue weighted by Gasteiger charge is 2.61. The number of dihydropyridines is 1. The number of pyridine rings is 1. The average Bonchev–Trinajstić information content (AvgIpc) is 1.00. The third-order valence-corrected chi connectivity index (χ3v) is 21.9. The summed E-state index contributed by atoms with van der Waals surface area (Å²) in [5.41, 5.74) is 8.84. The van der Waals surface area contributed by atoms with Gasteiger partial charge in [-0.25, -0.2) is 0 Å². The highest BCUT2D eigenvalue weighted by atomic mass is 16.6. The van der Waals surface area contributed by atoms with E-state index in [1.807, 2.05) is 30.5 Å². The van der Waals surface area contributed by atoms with Crippen LogP contribution in [-0.2, 0) is 27.1 Å². The first-order chi connectivity index (χ1) is 44.8. The molecule has 14 rings (SSSR count). The summed E-state index contributed by atoms with van der Waals surface area (Å²) in [6, 6.07) is 14.6. The zero-order valence-corrected chi connectivity index (χ0v) is 52.7. The number of aliphatic hydroxyl groups is 1. The molecule has 12 N–H and O–H groups in total. The predicted molar refractivity (Wildman–Crippen MR) is 350 cm³/mol. The molecule has 2 aromatic carbocycles. The van der Waals surface area contributed by atoms with Gasteiger partial charge in [-0.2, -0.15) is 0 Å². The number of phenols is 3. The molecule has 16 atom stereocenters. The van der Waals surface area contributed by atoms with E-state index in [0.29, 0.717) is 80.6 Å². The van der Waals surface area contributed by atoms with Gasteiger partial charge in [-0.15, -0.1) is 5.92 Å². The number of aromatic hydroxyl groups is 3. The van der Waals surface area contributed by atoms with Crippen LogP contribution >= 0.6 is 0 Å². The number of guanidine groups is 1. The molecule has 5 fully saturated rings. The molecule has 2 saturated heterocycles. The van der Waals surface area contributed by atoms with Gasteiger partial charge in [0.15, 0.2) is 29.0 Å². The van der Waals surface area contributed by atoms with Crippen LogP contribution in [0.2, 0.25) is 0 Å². The number of rotatable bonds is 14. The van der Waals surface area contributed by atoms with E-state index in [0.717, 1.165) is 86.5 Å². The maximum atomic E-state index is 13.7. The summed E-state index contributed by atoms with van der Waals surface area (Å²) in [4.78, 5) is 26.8. The topological polar surface area (TPSA) is 267 Å². The second-order valence-corrected chi connectivity index (χ2v) is 27.5. The van der Waals surface area contributed by atoms with E-state index in [2.05, 4.69) is 114 Å². The van der Waals surface area contributed by atoms with Gasteiger partial charge in [-0.05, 0) is 147 Å². The highest BCUT2D eigenvalue weighted by Crippen LogP contribution is 2.56. The third kappa shape index (κ3) is 11.9. The first-order valence-electron chi connectivity index (χ1n) is 33.6. The minimum Gasteiger partial charge on any atom is -0.504 e. The number of nitrogens with two attached hydrogens (primary N) is 1. The molecular weight excluding hydrogens is 1160 g/mol. The fourth-order valence-electron chi connectivity index (χ4n) is 17.5. The quantitative estimate of drug-likeness (QED) is 0.0215. The van der Waals surface area contributed by atoms with Crippen LogP contribution in [0.4, 0.5) is 0 Å². The smallest absolute Gasteiger partial charge is 0.302 e. The molecular formula is C73H88N10O9. The Bertz CT molecular complexity index is 3770. The predicted octanol–water partition coefficient (Wildman–Crippen LogP) is 8.55. The molecule has 0 unspecified atom stereocenters. The van der Waals surface area contributed by atoms with Crippen molar-refractivity contribution in [2.24, 2.45) is 57.1 Å². The van der Waals surface area contributed by atoms with Gasteiger partial charge in [-0.1, -0.05) is 74.3 Å². The van der Waals surface area contributed by atoms with Crippen molar-refractivity contribution in [3.8, 4) is 52.4 Å². The molecule has 3 saturated carbocycles. The van der Waals surface area contributed by atoms with Gasteiger partial charge >= 0.3 is 5.97 Å². The maximum absolute atomic E-state index is 13.7. The lowest BCUT2D eigenvalue weighted by Crippen LogP contribution is -2.75. The Morgan fingerprint density at radius 1 is 1.00 bits per heavy atom. The number of carbonyl (C=O) groups excluding carboxylic acids is 1. The molecule has 19 nitrogen and oxygen atoms in total. The SMILES string of the molecule is CCNC[C@@H]1CCC[C@]1(CN=C1N[C@@H](n2cc3cc[nH]c3c2)[C@@H]2[C@@H](O)N[C@@H]3CCCC[C@H]3C#CC[C@@]34Cc5ccc(O)c(c5)O[C@H]5CCC[C@]2(N1)[C@@H]5C#C[C@H]3C=C[C@H]1[C@@H](OC(C)=O)C[C@@H](c2cc(O)c(O)c(OCCc3cccnc3)c2)O[C@H]14)CC1=CCNC(N)=C1. The highest BCUT2D eigenvalue weighted by molar-refractivity contribution is 5.83. The lowest BCUT2D eigenvalue weighted by molar-refractivity contribution is -0.197. The molecule has 19 heteroatoms. The molecule has 0 radical (unpaired) electrons. The number of phenolic OH excluding ortho intramolecular Hbond substituents is 3. The van der Waals surface area contributed by atoms with E-state index in [4.69, 9.17) is 29.7 Å². The zero-order chi connectivity index (χ0) is 63.1. The van der Waals surface area contributed by atoms with E-state index in [1.54, 1.807) is 24.5 Å². The van der Waals surface area contributed by atoms with E-state index < -0.39 is 83.2 Å². The molecule has 3 aromatic heterocycles. The van der Waals surface area contributed by atoms with Gasteiger partial charge in [0.2, 0.25) is 5.75 Å². The molecule has 0 amide bonds. The summed E-state index contributed by atoms with van der Waals surface area (Å²) < 4.78 is 29.8. The Morgan fingerprint density at radius 2 is 1.89 bits per heavy atom. The van der Waals surface area contributed by atoms with Gasteiger partial charge in [0.1, 0.15) is 24.6 Å². The summed E-state index contributed by atoms with van der Waals surface area (Å²) in [5.74, 6) is 14.2. The number of esters is 1. The number of aromatic amines is 1. The van der Waals surface area contributed by atoms with Crippen molar-refractivity contribution in [3.63, 3.8) is 0 Å². The summed E-state index contributed by atoms with van der Waals surface area (Å²) >= 11 is 0. The second kappa shape index (κ2) is 25.8. The number of allylic oxidation sites excluding steroid dienone is 3. The van der Waals surface area contributed by atoms with Crippen LogP contribution in [0.25, 0.3) is 10.9 Å². The summed E-state index contributed by atoms with van der Waals surface area (Å²) in [7, 11) is 0. The van der Waals surface area contributed by atoms with Crippen molar-refractivity contribution in [1.29, 1.82) is 0 Å². The van der Waals surface area contributed by atoms with Gasteiger partial charge in [0.05, 0.1) is 47.5 Å². The monoisotopic (exact) mass is 1250 g/mol. The number of hydrogen-bond donors (Lipinski definition) is 11. The van der Waals surface area contributed by atoms with E-state index in [9.17, 15) is 25.2 Å². The van der Waals surface area contributed by atoms with Crippen LogP contribution in [0.3, 0.4) is 0 Å². The summed E-state index contributed by atoms with van der Waals surface area (Å²) in [6.07, 6.45) is 25.0. The fraction of sp³-hybridized carbons (Fsp3) is 0.521. The van der Waals surface area contributed by atoms with Crippen LogP contribution in [0.5, 0.6) is 28.7 Å². The maximum Gasteiger partial charge on any atom is 0.302 e. The Hall–Kier alpha value is -8.07. The first-order valence-corrected chi connectivity index (χ1v) is 33.6. The molecule has 1 spiro atoms. The number of aliphatic hydroxyl groups excluding tert-OH is 1. The van der Waals surface area contributed by atoms with E-state index >= 15 is 0 Å². The number of nitrogens with zero attached hydrogens (tertiary/aromatic N) is 3. The van der Waals surface area contributed by atoms with Crippen LogP contribution in [0.1, 0.15) is 126 Å². The van der Waals surface area contributed by atoms with Crippen LogP contribution in [0.15, 0.2) is 120 Å². The number of H-pyrrole nitrogens is 1. The van der Waals surface area contributed by atoms with Gasteiger partial charge in [0, 0.05) is 105 Å². The summed E-state index contributed by atoms with van der Waals surface area (Å²) in [6.45, 7) is 6.76. The standard InChI is InChI=1S/C73H88N10O9/c1-3-75-40-52-13-7-25-71(52,37-47-22-29-78-64(74)33-47)43-79-70-81-68(83-41-49-23-30-77-56(49)42-83)65-69(88)80-55-14-5-4-11-48(55)12-6-26-72-38-46-16-21-57(85)62(32-46)91-59-15-8-27-73(65,82-70)54(59)20-18-51(72)17-19-53-61(90-44(2)84)36-60(92-67(53)72)50-34-58(86)66(87)63(35-50)89-31-24-45-10-9-28-76-39-45/h9-10,16-17,19,21-23,28,30,32-35,39,41-42,48,51-55,59-61,65,67-69,75,77-78,80,85-88H,3-5,7-8,11,13-15,24-27,29,31,36-38,40,43,74H2,1-2H3,(H2,79,81,82)/t48-,51+,52-,53-,54+,55+,59-,60-,61-,65+,67+,68-,69+,71+,72+,73-/m0/s1. The van der Waals surface area contributed by atoms with Crippen molar-refractivity contribution < 1.29 is 44.2 Å². The third-order valence-electron chi connectivity index (χ3n) is 21.9. The number of hydrogen-bond acceptors (Lipinski definition) is 15. The Balaban J connectivity index is 0.933. The molecule has 92 heavy (non-hydrogen) atoms. The number of fused-ring (bicyclic) bond motifs is 5. The number of benzene rings is 2. The lowest BCUT2D eigenvalue weighted by Gasteiger charge is -2.57. The fourth-order valence-corrected chi connectivity index (χ4v) is 17.5. The zero-order valence-electron chi connectivity index (χ0n) is 52.7. The number of aromatic nitrogens is 3. The molecule has 4 bridgehead atoms. The average molecular weight is 1250 g/mol. The van der Waals surface area contributed by atoms with Gasteiger partial charge in [0.25, 0.3) is 0 Å². The normalized spacial score (nSPS) is 34.1. The van der Waals surface area contributed by atoms with E-state index in [-0.39, 0.29) is 47.7 Å². The van der Waals surface area contributed by atoms with Crippen LogP contribution in [-0.4, -0.2) is 116 Å². The molecule has 5 aromatic rings. The molecule has 5 aliphatic heterocycles. The largest absolute Gasteiger partial charge is 0.504 e. The molecule has 4 aliphatic carbocycles. The van der Waals surface area contributed by atoms with Crippen LogP contribution in [0, 0.1) is 70.0 Å². The van der Waals surface area contributed by atoms with Gasteiger partial charge in [-0.3, -0.25) is 20.1 Å². The number of carbonyl (C=O) groups is 1. The van der Waals surface area contributed by atoms with Crippen molar-refractivity contribution in [3.05, 3.63) is 132 Å². The number of aliphatic imine (C=N–C) groups is 1. The molecule has 8 heterocycles. The van der Waals surface area contributed by atoms with Crippen LogP contribution < -0.4 is 41.8 Å².